The van der Waals surface area contributed by atoms with Crippen LogP contribution in [0, 0.1) is 6.92 Å². The van der Waals surface area contributed by atoms with Gasteiger partial charge in [-0.2, -0.15) is 0 Å². The van der Waals surface area contributed by atoms with Crippen molar-refractivity contribution < 1.29 is 4.74 Å². The molecule has 3 aromatic heterocycles. The number of ether oxygens (including phenoxy) is 1. The van der Waals surface area contributed by atoms with Crippen molar-refractivity contribution in [3.8, 4) is 17.0 Å². The van der Waals surface area contributed by atoms with Crippen LogP contribution in [-0.2, 0) is 0 Å². The SMILES string of the molecule is COc1ccc(N2CN(C)c3cnc4ccc(-c5cnc(N(C)C)nc5)cc4c32)c(C)n1. The summed E-state index contributed by atoms with van der Waals surface area (Å²) in [6.07, 6.45) is 5.67. The van der Waals surface area contributed by atoms with E-state index in [1.54, 1.807) is 7.11 Å². The lowest BCUT2D eigenvalue weighted by molar-refractivity contribution is 0.397. The van der Waals surface area contributed by atoms with Gasteiger partial charge in [0.2, 0.25) is 11.8 Å². The van der Waals surface area contributed by atoms with Gasteiger partial charge in [-0.25, -0.2) is 15.0 Å². The predicted octanol–water partition coefficient (Wildman–Crippen LogP) is 4.02. The summed E-state index contributed by atoms with van der Waals surface area (Å²) in [5.74, 6) is 1.30. The van der Waals surface area contributed by atoms with E-state index in [1.807, 2.05) is 50.6 Å². The van der Waals surface area contributed by atoms with Crippen LogP contribution in [0.25, 0.3) is 22.0 Å². The normalized spacial score (nSPS) is 12.9. The molecule has 1 aromatic carbocycles. The van der Waals surface area contributed by atoms with Gasteiger partial charge in [0, 0.05) is 50.6 Å². The fourth-order valence-electron chi connectivity index (χ4n) is 4.10. The highest BCUT2D eigenvalue weighted by atomic mass is 16.5. The Morgan fingerprint density at radius 2 is 1.72 bits per heavy atom. The second-order valence-corrected chi connectivity index (χ2v) is 8.12. The number of benzene rings is 1. The van der Waals surface area contributed by atoms with Gasteiger partial charge < -0.3 is 19.4 Å². The Bertz CT molecular complexity index is 1300. The smallest absolute Gasteiger partial charge is 0.224 e. The second kappa shape index (κ2) is 7.64. The molecule has 0 unspecified atom stereocenters. The molecule has 1 aliphatic heterocycles. The van der Waals surface area contributed by atoms with E-state index in [0.29, 0.717) is 11.8 Å². The number of methoxy groups -OCH3 is 1. The van der Waals surface area contributed by atoms with Crippen LogP contribution in [0.5, 0.6) is 5.88 Å². The van der Waals surface area contributed by atoms with Crippen molar-refractivity contribution in [1.82, 2.24) is 19.9 Å². The zero-order valence-corrected chi connectivity index (χ0v) is 18.9. The summed E-state index contributed by atoms with van der Waals surface area (Å²) in [7, 11) is 7.58. The third-order valence-corrected chi connectivity index (χ3v) is 5.76. The lowest BCUT2D eigenvalue weighted by Gasteiger charge is -2.22. The third kappa shape index (κ3) is 3.24. The molecular weight excluding hydrogens is 402 g/mol. The van der Waals surface area contributed by atoms with E-state index in [-0.39, 0.29) is 0 Å². The molecule has 4 heterocycles. The van der Waals surface area contributed by atoms with Crippen LogP contribution in [-0.4, -0.2) is 54.9 Å². The van der Waals surface area contributed by atoms with E-state index >= 15 is 0 Å². The van der Waals surface area contributed by atoms with Gasteiger partial charge in [-0.3, -0.25) is 4.98 Å². The van der Waals surface area contributed by atoms with Crippen molar-refractivity contribution in [3.05, 3.63) is 54.6 Å². The first-order chi connectivity index (χ1) is 15.5. The molecule has 0 atom stereocenters. The summed E-state index contributed by atoms with van der Waals surface area (Å²) >= 11 is 0. The van der Waals surface area contributed by atoms with Crippen LogP contribution in [0.15, 0.2) is 48.9 Å². The number of nitrogens with zero attached hydrogens (tertiary/aromatic N) is 7. The fraction of sp³-hybridized carbons (Fsp3) is 0.250. The van der Waals surface area contributed by atoms with Gasteiger partial charge in [0.15, 0.2) is 0 Å². The molecule has 0 radical (unpaired) electrons. The monoisotopic (exact) mass is 427 g/mol. The van der Waals surface area contributed by atoms with Crippen LogP contribution in [0.2, 0.25) is 0 Å². The number of aromatic nitrogens is 4. The Kier molecular flexibility index (Phi) is 4.77. The standard InChI is InChI=1S/C24H25N7O/c1-15-20(8-9-22(28-15)32-5)31-14-30(4)21-13-25-19-7-6-16(10-18(19)23(21)31)17-11-26-24(27-12-17)29(2)3/h6-13H,14H2,1-5H3. The van der Waals surface area contributed by atoms with Gasteiger partial charge in [-0.1, -0.05) is 6.07 Å². The summed E-state index contributed by atoms with van der Waals surface area (Å²) in [5, 5.41) is 1.08. The molecule has 0 saturated heterocycles. The highest BCUT2D eigenvalue weighted by Crippen LogP contribution is 2.45. The van der Waals surface area contributed by atoms with Crippen LogP contribution < -0.4 is 19.4 Å². The summed E-state index contributed by atoms with van der Waals surface area (Å²) in [6, 6.07) is 10.3. The molecule has 0 amide bonds. The number of aryl methyl sites for hydroxylation is 1. The molecule has 1 aliphatic rings. The van der Waals surface area contributed by atoms with Crippen LogP contribution >= 0.6 is 0 Å². The minimum atomic E-state index is 0.613. The van der Waals surface area contributed by atoms with Gasteiger partial charge >= 0.3 is 0 Å². The van der Waals surface area contributed by atoms with Crippen LogP contribution in [0.1, 0.15) is 5.69 Å². The largest absolute Gasteiger partial charge is 0.481 e. The van der Waals surface area contributed by atoms with E-state index in [0.717, 1.165) is 51.5 Å². The van der Waals surface area contributed by atoms with Gasteiger partial charge in [-0.05, 0) is 30.7 Å². The number of hydrogen-bond donors (Lipinski definition) is 0. The molecule has 0 saturated carbocycles. The van der Waals surface area contributed by atoms with E-state index in [2.05, 4.69) is 56.1 Å². The number of fused-ring (bicyclic) bond motifs is 3. The molecule has 8 heteroatoms. The third-order valence-electron chi connectivity index (χ3n) is 5.76. The van der Waals surface area contributed by atoms with Crippen molar-refractivity contribution in [1.29, 1.82) is 0 Å². The summed E-state index contributed by atoms with van der Waals surface area (Å²) in [6.45, 7) is 2.73. The summed E-state index contributed by atoms with van der Waals surface area (Å²) < 4.78 is 5.30. The Hall–Kier alpha value is -3.94. The lowest BCUT2D eigenvalue weighted by atomic mass is 10.0. The molecule has 0 fully saturated rings. The van der Waals surface area contributed by atoms with Gasteiger partial charge in [0.25, 0.3) is 0 Å². The molecule has 0 N–H and O–H groups in total. The first kappa shape index (κ1) is 20.0. The highest BCUT2D eigenvalue weighted by Gasteiger charge is 2.29. The Balaban J connectivity index is 1.65. The lowest BCUT2D eigenvalue weighted by Crippen LogP contribution is -2.24. The van der Waals surface area contributed by atoms with E-state index < -0.39 is 0 Å². The molecular formula is C24H25N7O. The van der Waals surface area contributed by atoms with Crippen molar-refractivity contribution in [3.63, 3.8) is 0 Å². The molecule has 0 aliphatic carbocycles. The first-order valence-corrected chi connectivity index (χ1v) is 10.4. The maximum atomic E-state index is 5.30. The Morgan fingerprint density at radius 1 is 0.938 bits per heavy atom. The topological polar surface area (TPSA) is 70.5 Å². The zero-order valence-electron chi connectivity index (χ0n) is 18.9. The maximum Gasteiger partial charge on any atom is 0.224 e. The van der Waals surface area contributed by atoms with Gasteiger partial charge in [0.05, 0.1) is 48.2 Å². The maximum absolute atomic E-state index is 5.30. The van der Waals surface area contributed by atoms with Crippen molar-refractivity contribution >= 4 is 33.9 Å². The molecule has 8 nitrogen and oxygen atoms in total. The minimum absolute atomic E-state index is 0.613. The number of hydrogen-bond acceptors (Lipinski definition) is 8. The quantitative estimate of drug-likeness (QED) is 0.484. The zero-order chi connectivity index (χ0) is 22.4. The van der Waals surface area contributed by atoms with E-state index in [4.69, 9.17) is 9.72 Å². The number of rotatable bonds is 4. The second-order valence-electron chi connectivity index (χ2n) is 8.12. The minimum Gasteiger partial charge on any atom is -0.481 e. The first-order valence-electron chi connectivity index (χ1n) is 10.4. The molecule has 32 heavy (non-hydrogen) atoms. The number of pyridine rings is 2. The van der Waals surface area contributed by atoms with Crippen molar-refractivity contribution in [2.45, 2.75) is 6.92 Å². The van der Waals surface area contributed by atoms with E-state index in [1.165, 1.54) is 0 Å². The van der Waals surface area contributed by atoms with Crippen molar-refractivity contribution in [2.24, 2.45) is 0 Å². The summed E-state index contributed by atoms with van der Waals surface area (Å²) in [4.78, 5) is 24.6. The van der Waals surface area contributed by atoms with E-state index in [9.17, 15) is 0 Å². The molecule has 5 rings (SSSR count). The van der Waals surface area contributed by atoms with Gasteiger partial charge in [0.1, 0.15) is 0 Å². The molecule has 4 aromatic rings. The molecule has 162 valence electrons. The Labute approximate surface area is 187 Å². The molecule has 0 bridgehead atoms. The fourth-order valence-corrected chi connectivity index (χ4v) is 4.10. The highest BCUT2D eigenvalue weighted by molar-refractivity contribution is 6.04. The number of anilines is 4. The van der Waals surface area contributed by atoms with Crippen molar-refractivity contribution in [2.75, 3.05) is 49.6 Å². The van der Waals surface area contributed by atoms with Gasteiger partial charge in [-0.15, -0.1) is 0 Å². The van der Waals surface area contributed by atoms with Crippen LogP contribution in [0.4, 0.5) is 23.0 Å². The van der Waals surface area contributed by atoms with Crippen LogP contribution in [0.3, 0.4) is 0 Å². The average Bonchev–Trinajstić information content (AvgIpc) is 3.15. The predicted molar refractivity (Wildman–Crippen MR) is 128 cm³/mol. The average molecular weight is 428 g/mol. The molecule has 0 spiro atoms. The Morgan fingerprint density at radius 3 is 2.41 bits per heavy atom. The summed E-state index contributed by atoms with van der Waals surface area (Å²) in [5.41, 5.74) is 7.14.